The Bertz CT molecular complexity index is 1780. The summed E-state index contributed by atoms with van der Waals surface area (Å²) in [4.78, 5) is 43.4. The van der Waals surface area contributed by atoms with Gasteiger partial charge in [-0.1, -0.05) is 26.8 Å². The number of fused-ring (bicyclic) bond motifs is 4. The topological polar surface area (TPSA) is 149 Å². The minimum absolute atomic E-state index is 0.0177. The monoisotopic (exact) mass is 626 g/mol. The van der Waals surface area contributed by atoms with Crippen LogP contribution in [-0.2, 0) is 14.3 Å². The van der Waals surface area contributed by atoms with E-state index >= 15 is 0 Å². The third-order valence-corrected chi connectivity index (χ3v) is 11.2. The molecule has 2 fully saturated rings. The average Bonchev–Trinajstić information content (AvgIpc) is 3.03. The first kappa shape index (κ1) is 31.5. The Labute approximate surface area is 267 Å². The molecule has 3 unspecified atom stereocenters. The Morgan fingerprint density at radius 2 is 1.96 bits per heavy atom. The van der Waals surface area contributed by atoms with Gasteiger partial charge in [-0.05, 0) is 73.8 Å². The molecule has 10 nitrogen and oxygen atoms in total. The lowest BCUT2D eigenvalue weighted by Crippen LogP contribution is -2.70. The molecule has 6 rings (SSSR count). The lowest BCUT2D eigenvalue weighted by atomic mass is 9.41. The summed E-state index contributed by atoms with van der Waals surface area (Å²) in [6.07, 6.45) is 2.83. The molecule has 3 aliphatic rings. The summed E-state index contributed by atoms with van der Waals surface area (Å²) in [7, 11) is 0. The highest BCUT2D eigenvalue weighted by Crippen LogP contribution is 2.68. The number of ether oxygens (including phenoxy) is 3. The molecule has 0 spiro atoms. The van der Waals surface area contributed by atoms with Crippen LogP contribution in [0.4, 0.5) is 0 Å². The molecule has 3 heterocycles. The summed E-state index contributed by atoms with van der Waals surface area (Å²) in [5, 5.41) is 21.7. The first-order valence-corrected chi connectivity index (χ1v) is 15.6. The molecular weight excluding hydrogens is 588 g/mol. The first-order chi connectivity index (χ1) is 21.8. The predicted molar refractivity (Wildman–Crippen MR) is 165 cm³/mol. The highest BCUT2D eigenvalue weighted by molar-refractivity contribution is 5.90. The number of rotatable bonds is 5. The van der Waals surface area contributed by atoms with E-state index in [1.807, 2.05) is 6.92 Å². The van der Waals surface area contributed by atoms with E-state index in [0.29, 0.717) is 24.0 Å². The van der Waals surface area contributed by atoms with Gasteiger partial charge in [0, 0.05) is 42.3 Å². The summed E-state index contributed by atoms with van der Waals surface area (Å²) in [6, 6.07) is 13.4. The SMILES string of the molecule is CC(=O)OC[C@]1(C)C2C[C@H](OC(=O)c3cccc(C#N)c3)[C@@]3(C)Oc4cc(-c5cccnc5)oc(=O)c4C(O)C3[C@@]2(C)CC[C@@H]1C. The van der Waals surface area contributed by atoms with Gasteiger partial charge in [0.25, 0.3) is 0 Å². The molecule has 46 heavy (non-hydrogen) atoms. The summed E-state index contributed by atoms with van der Waals surface area (Å²) in [5.74, 6) is -1.41. The summed E-state index contributed by atoms with van der Waals surface area (Å²) in [5.41, 5.74) is -2.05. The van der Waals surface area contributed by atoms with E-state index in [2.05, 4.69) is 31.8 Å². The van der Waals surface area contributed by atoms with Crippen LogP contribution in [0.3, 0.4) is 0 Å². The number of aliphatic hydroxyl groups excluding tert-OH is 1. The van der Waals surface area contributed by atoms with Crippen LogP contribution in [0.25, 0.3) is 11.3 Å². The summed E-state index contributed by atoms with van der Waals surface area (Å²) in [6.45, 7) is 9.66. The minimum Gasteiger partial charge on any atom is -0.482 e. The van der Waals surface area contributed by atoms with Crippen molar-refractivity contribution in [2.75, 3.05) is 6.61 Å². The van der Waals surface area contributed by atoms with Gasteiger partial charge in [-0.25, -0.2) is 9.59 Å². The van der Waals surface area contributed by atoms with Crippen LogP contribution in [0, 0.1) is 39.9 Å². The van der Waals surface area contributed by atoms with Gasteiger partial charge in [-0.3, -0.25) is 9.78 Å². The van der Waals surface area contributed by atoms with Gasteiger partial charge in [0.1, 0.15) is 28.8 Å². The molecule has 0 bridgehead atoms. The number of aliphatic hydroxyl groups is 1. The number of pyridine rings is 1. The summed E-state index contributed by atoms with van der Waals surface area (Å²) < 4.78 is 24.4. The van der Waals surface area contributed by atoms with E-state index in [1.54, 1.807) is 48.8 Å². The molecule has 10 heteroatoms. The largest absolute Gasteiger partial charge is 0.482 e. The molecule has 240 valence electrons. The molecule has 0 radical (unpaired) electrons. The Hall–Kier alpha value is -4.49. The number of nitrogens with zero attached hydrogens (tertiary/aromatic N) is 2. The molecule has 2 aliphatic carbocycles. The maximum absolute atomic E-state index is 13.7. The molecule has 8 atom stereocenters. The Morgan fingerprint density at radius 1 is 1.17 bits per heavy atom. The van der Waals surface area contributed by atoms with Crippen LogP contribution in [0.15, 0.2) is 64.1 Å². The number of esters is 2. The van der Waals surface area contributed by atoms with Crippen LogP contribution in [0.1, 0.15) is 81.5 Å². The number of nitriles is 1. The fraction of sp³-hybridized carbons (Fsp3) is 0.472. The maximum Gasteiger partial charge on any atom is 0.345 e. The van der Waals surface area contributed by atoms with Crippen molar-refractivity contribution in [2.24, 2.45) is 28.6 Å². The molecule has 1 N–H and O–H groups in total. The third-order valence-electron chi connectivity index (χ3n) is 11.2. The van der Waals surface area contributed by atoms with Crippen molar-refractivity contribution in [3.63, 3.8) is 0 Å². The number of aromatic nitrogens is 1. The average molecular weight is 627 g/mol. The van der Waals surface area contributed by atoms with E-state index in [1.165, 1.54) is 13.0 Å². The van der Waals surface area contributed by atoms with Crippen LogP contribution < -0.4 is 10.4 Å². The van der Waals surface area contributed by atoms with Crippen LogP contribution in [-0.4, -0.2) is 40.3 Å². The molecule has 1 aliphatic heterocycles. The molecule has 2 aromatic heterocycles. The fourth-order valence-corrected chi connectivity index (χ4v) is 8.61. The van der Waals surface area contributed by atoms with E-state index in [4.69, 9.17) is 18.6 Å². The molecule has 0 amide bonds. The van der Waals surface area contributed by atoms with Crippen molar-refractivity contribution >= 4 is 11.9 Å². The number of hydrogen-bond donors (Lipinski definition) is 1. The Morgan fingerprint density at radius 3 is 2.65 bits per heavy atom. The number of hydrogen-bond acceptors (Lipinski definition) is 10. The smallest absolute Gasteiger partial charge is 0.345 e. The fourth-order valence-electron chi connectivity index (χ4n) is 8.61. The molecule has 2 saturated carbocycles. The van der Waals surface area contributed by atoms with Gasteiger partial charge < -0.3 is 23.7 Å². The molecular formula is C36H38N2O8. The van der Waals surface area contributed by atoms with Crippen molar-refractivity contribution < 1.29 is 33.3 Å². The zero-order valence-corrected chi connectivity index (χ0v) is 26.6. The lowest BCUT2D eigenvalue weighted by molar-refractivity contribution is -0.257. The second-order valence-electron chi connectivity index (χ2n) is 13.7. The quantitative estimate of drug-likeness (QED) is 0.353. The number of carbonyl (C=O) groups excluding carboxylic acids is 2. The van der Waals surface area contributed by atoms with Crippen molar-refractivity contribution in [3.05, 3.63) is 82.0 Å². The molecule has 3 aromatic rings. The van der Waals surface area contributed by atoms with E-state index in [-0.39, 0.29) is 41.1 Å². The second kappa shape index (κ2) is 11.4. The van der Waals surface area contributed by atoms with E-state index < -0.39 is 52.1 Å². The Balaban J connectivity index is 1.49. The number of benzene rings is 1. The van der Waals surface area contributed by atoms with Gasteiger partial charge in [-0.15, -0.1) is 0 Å². The highest BCUT2D eigenvalue weighted by Gasteiger charge is 2.70. The highest BCUT2D eigenvalue weighted by atomic mass is 16.6. The molecule has 0 saturated heterocycles. The first-order valence-electron chi connectivity index (χ1n) is 15.6. The second-order valence-corrected chi connectivity index (χ2v) is 13.7. The predicted octanol–water partition coefficient (Wildman–Crippen LogP) is 5.63. The van der Waals surface area contributed by atoms with Crippen LogP contribution >= 0.6 is 0 Å². The molecule has 1 aromatic carbocycles. The van der Waals surface area contributed by atoms with Crippen LogP contribution in [0.5, 0.6) is 5.75 Å². The maximum atomic E-state index is 13.7. The van der Waals surface area contributed by atoms with Gasteiger partial charge in [-0.2, -0.15) is 5.26 Å². The Kier molecular flexibility index (Phi) is 7.80. The van der Waals surface area contributed by atoms with Gasteiger partial charge in [0.2, 0.25) is 0 Å². The van der Waals surface area contributed by atoms with E-state index in [9.17, 15) is 24.8 Å². The number of carbonyl (C=O) groups is 2. The zero-order valence-electron chi connectivity index (χ0n) is 26.6. The van der Waals surface area contributed by atoms with E-state index in [0.717, 1.165) is 6.42 Å². The van der Waals surface area contributed by atoms with Gasteiger partial charge in [0.15, 0.2) is 0 Å². The van der Waals surface area contributed by atoms with Gasteiger partial charge in [0.05, 0.1) is 29.9 Å². The third kappa shape index (κ3) is 4.98. The van der Waals surface area contributed by atoms with Crippen molar-refractivity contribution in [3.8, 4) is 23.1 Å². The normalized spacial score (nSPS) is 32.8. The van der Waals surface area contributed by atoms with Crippen LogP contribution in [0.2, 0.25) is 0 Å². The van der Waals surface area contributed by atoms with Gasteiger partial charge >= 0.3 is 17.6 Å². The minimum atomic E-state index is -1.31. The van der Waals surface area contributed by atoms with Crippen molar-refractivity contribution in [1.29, 1.82) is 5.26 Å². The van der Waals surface area contributed by atoms with Crippen molar-refractivity contribution in [1.82, 2.24) is 4.98 Å². The lowest BCUT2D eigenvalue weighted by Gasteiger charge is -2.66. The van der Waals surface area contributed by atoms with Crippen molar-refractivity contribution in [2.45, 2.75) is 71.7 Å². The standard InChI is InChI=1S/C36H38N2O8/c1-20-11-12-34(3)27(35(20,4)19-43-21(2)39)16-28(45-32(41)23-9-6-8-22(14-23)17-37)36(5)31(34)30(40)29-26(46-36)15-25(44-33(29)42)24-10-7-13-38-18-24/h6-10,13-15,18,20,27-28,30-31,40H,11-12,16,19H2,1-5H3/t20-,27?,28-,30?,31?,34-,35-,36+/m0/s1. The zero-order chi connectivity index (χ0) is 33.0. The summed E-state index contributed by atoms with van der Waals surface area (Å²) >= 11 is 0.